The van der Waals surface area contributed by atoms with Crippen LogP contribution in [-0.2, 0) is 0 Å². The van der Waals surface area contributed by atoms with E-state index in [1.165, 1.54) is 6.42 Å². The Bertz CT molecular complexity index is 481. The highest BCUT2D eigenvalue weighted by molar-refractivity contribution is 5.49. The van der Waals surface area contributed by atoms with E-state index in [9.17, 15) is 8.78 Å². The van der Waals surface area contributed by atoms with Crippen LogP contribution in [0.1, 0.15) is 12.8 Å². The minimum Gasteiger partial charge on any atom is -0.351 e. The van der Waals surface area contributed by atoms with Crippen LogP contribution in [0, 0.1) is 11.6 Å². The standard InChI is InChI=1S/C12H17F2N5/c13-9-6-10(14)12(16-11(9)17-15)19-5-4-18-3-1-2-8(18)7-19/h6,8H,1-5,7,15H2,(H,16,17). The average molecular weight is 269 g/mol. The van der Waals surface area contributed by atoms with Gasteiger partial charge in [0.2, 0.25) is 0 Å². The maximum atomic E-state index is 13.9. The second-order valence-corrected chi connectivity index (χ2v) is 5.05. The molecule has 3 heterocycles. The van der Waals surface area contributed by atoms with Crippen LogP contribution in [-0.4, -0.2) is 42.1 Å². The summed E-state index contributed by atoms with van der Waals surface area (Å²) >= 11 is 0. The number of hydrazine groups is 1. The molecule has 5 nitrogen and oxygen atoms in total. The Balaban J connectivity index is 1.85. The molecule has 0 amide bonds. The second kappa shape index (κ2) is 4.90. The lowest BCUT2D eigenvalue weighted by Crippen LogP contribution is -2.50. The van der Waals surface area contributed by atoms with Gasteiger partial charge in [-0.15, -0.1) is 0 Å². The molecule has 1 aromatic heterocycles. The highest BCUT2D eigenvalue weighted by atomic mass is 19.1. The Hall–Kier alpha value is -1.47. The Kier molecular flexibility index (Phi) is 3.24. The summed E-state index contributed by atoms with van der Waals surface area (Å²) in [4.78, 5) is 8.24. The van der Waals surface area contributed by atoms with Gasteiger partial charge in [0.1, 0.15) is 0 Å². The summed E-state index contributed by atoms with van der Waals surface area (Å²) in [6.07, 6.45) is 2.31. The molecular weight excluding hydrogens is 252 g/mol. The van der Waals surface area contributed by atoms with Gasteiger partial charge in [0.15, 0.2) is 23.3 Å². The number of fused-ring (bicyclic) bond motifs is 1. The van der Waals surface area contributed by atoms with E-state index >= 15 is 0 Å². The number of nitrogens with two attached hydrogens (primary N) is 1. The van der Waals surface area contributed by atoms with Crippen molar-refractivity contribution in [3.05, 3.63) is 17.7 Å². The normalized spacial score (nSPS) is 23.5. The van der Waals surface area contributed by atoms with Gasteiger partial charge in [-0.25, -0.2) is 19.6 Å². The van der Waals surface area contributed by atoms with Gasteiger partial charge in [0, 0.05) is 31.7 Å². The lowest BCUT2D eigenvalue weighted by molar-refractivity contribution is 0.229. The smallest absolute Gasteiger partial charge is 0.178 e. The largest absolute Gasteiger partial charge is 0.351 e. The number of pyridine rings is 1. The van der Waals surface area contributed by atoms with Crippen molar-refractivity contribution in [2.75, 3.05) is 36.5 Å². The van der Waals surface area contributed by atoms with Crippen molar-refractivity contribution in [2.45, 2.75) is 18.9 Å². The van der Waals surface area contributed by atoms with Crippen molar-refractivity contribution in [3.63, 3.8) is 0 Å². The number of piperazine rings is 1. The molecule has 3 rings (SSSR count). The number of anilines is 2. The predicted octanol–water partition coefficient (Wildman–Crippen LogP) is 0.930. The molecule has 1 atom stereocenters. The molecule has 2 aliphatic rings. The summed E-state index contributed by atoms with van der Waals surface area (Å²) in [6.45, 7) is 3.46. The molecule has 7 heteroatoms. The van der Waals surface area contributed by atoms with E-state index in [1.54, 1.807) is 0 Å². The molecule has 0 radical (unpaired) electrons. The summed E-state index contributed by atoms with van der Waals surface area (Å²) in [5.41, 5.74) is 2.16. The molecular formula is C12H17F2N5. The molecule has 2 aliphatic heterocycles. The number of nitrogen functional groups attached to an aromatic ring is 1. The van der Waals surface area contributed by atoms with Crippen molar-refractivity contribution in [3.8, 4) is 0 Å². The van der Waals surface area contributed by atoms with Gasteiger partial charge in [-0.2, -0.15) is 0 Å². The fourth-order valence-corrected chi connectivity index (χ4v) is 2.96. The number of aromatic nitrogens is 1. The zero-order valence-electron chi connectivity index (χ0n) is 10.6. The van der Waals surface area contributed by atoms with E-state index in [2.05, 4.69) is 15.3 Å². The second-order valence-electron chi connectivity index (χ2n) is 5.05. The summed E-state index contributed by atoms with van der Waals surface area (Å²) in [6, 6.07) is 1.28. The van der Waals surface area contributed by atoms with Gasteiger partial charge in [-0.1, -0.05) is 0 Å². The quantitative estimate of drug-likeness (QED) is 0.618. The van der Waals surface area contributed by atoms with Crippen molar-refractivity contribution < 1.29 is 8.78 Å². The molecule has 0 spiro atoms. The molecule has 19 heavy (non-hydrogen) atoms. The highest BCUT2D eigenvalue weighted by Crippen LogP contribution is 2.27. The van der Waals surface area contributed by atoms with Crippen LogP contribution < -0.4 is 16.2 Å². The highest BCUT2D eigenvalue weighted by Gasteiger charge is 2.32. The number of nitrogens with one attached hydrogen (secondary N) is 1. The third kappa shape index (κ3) is 2.23. The summed E-state index contributed by atoms with van der Waals surface area (Å²) < 4.78 is 27.2. The minimum atomic E-state index is -0.775. The van der Waals surface area contributed by atoms with Crippen molar-refractivity contribution in [2.24, 2.45) is 5.84 Å². The molecule has 0 aromatic carbocycles. The first kappa shape index (κ1) is 12.6. The summed E-state index contributed by atoms with van der Waals surface area (Å²) in [5.74, 6) is 3.83. The third-order valence-electron chi connectivity index (χ3n) is 3.93. The monoisotopic (exact) mass is 269 g/mol. The van der Waals surface area contributed by atoms with Crippen LogP contribution in [0.5, 0.6) is 0 Å². The van der Waals surface area contributed by atoms with Crippen LogP contribution in [0.15, 0.2) is 6.07 Å². The maximum Gasteiger partial charge on any atom is 0.178 e. The Morgan fingerprint density at radius 2 is 2.11 bits per heavy atom. The number of halogens is 2. The summed E-state index contributed by atoms with van der Waals surface area (Å²) in [5, 5.41) is 0. The van der Waals surface area contributed by atoms with E-state index in [-0.39, 0.29) is 11.6 Å². The first-order valence-corrected chi connectivity index (χ1v) is 6.50. The molecule has 2 saturated heterocycles. The molecule has 0 aliphatic carbocycles. The van der Waals surface area contributed by atoms with Crippen molar-refractivity contribution in [1.29, 1.82) is 0 Å². The Morgan fingerprint density at radius 3 is 2.89 bits per heavy atom. The number of nitrogens with zero attached hydrogens (tertiary/aromatic N) is 3. The van der Waals surface area contributed by atoms with E-state index in [4.69, 9.17) is 5.84 Å². The third-order valence-corrected chi connectivity index (χ3v) is 3.93. The first-order chi connectivity index (χ1) is 9.19. The number of rotatable bonds is 2. The van der Waals surface area contributed by atoms with Gasteiger partial charge in [0.05, 0.1) is 0 Å². The van der Waals surface area contributed by atoms with Crippen LogP contribution in [0.4, 0.5) is 20.4 Å². The minimum absolute atomic E-state index is 0.120. The van der Waals surface area contributed by atoms with Gasteiger partial charge in [-0.05, 0) is 19.4 Å². The van der Waals surface area contributed by atoms with Crippen LogP contribution in [0.2, 0.25) is 0 Å². The lowest BCUT2D eigenvalue weighted by atomic mass is 10.1. The Labute approximate surface area is 110 Å². The Morgan fingerprint density at radius 1 is 1.26 bits per heavy atom. The fraction of sp³-hybridized carbons (Fsp3) is 0.583. The topological polar surface area (TPSA) is 57.4 Å². The van der Waals surface area contributed by atoms with Crippen LogP contribution in [0.25, 0.3) is 0 Å². The zero-order chi connectivity index (χ0) is 13.4. The maximum absolute atomic E-state index is 13.9. The van der Waals surface area contributed by atoms with Crippen molar-refractivity contribution in [1.82, 2.24) is 9.88 Å². The van der Waals surface area contributed by atoms with Crippen LogP contribution in [0.3, 0.4) is 0 Å². The lowest BCUT2D eigenvalue weighted by Gasteiger charge is -2.38. The fourth-order valence-electron chi connectivity index (χ4n) is 2.96. The van der Waals surface area contributed by atoms with Gasteiger partial charge < -0.3 is 10.3 Å². The van der Waals surface area contributed by atoms with Gasteiger partial charge in [0.25, 0.3) is 0 Å². The molecule has 1 aromatic rings. The predicted molar refractivity (Wildman–Crippen MR) is 68.8 cm³/mol. The molecule has 1 unspecified atom stereocenters. The number of hydrogen-bond acceptors (Lipinski definition) is 5. The van der Waals surface area contributed by atoms with Crippen LogP contribution >= 0.6 is 0 Å². The molecule has 3 N–H and O–H groups in total. The van der Waals surface area contributed by atoms with Gasteiger partial charge >= 0.3 is 0 Å². The number of hydrogen-bond donors (Lipinski definition) is 2. The molecule has 0 saturated carbocycles. The summed E-state index contributed by atoms with van der Waals surface area (Å²) in [7, 11) is 0. The SMILES string of the molecule is NNc1nc(N2CCN3CCCC3C2)c(F)cc1F. The molecule has 2 fully saturated rings. The molecule has 0 bridgehead atoms. The zero-order valence-corrected chi connectivity index (χ0v) is 10.6. The van der Waals surface area contributed by atoms with E-state index in [0.717, 1.165) is 32.1 Å². The van der Waals surface area contributed by atoms with Gasteiger partial charge in [-0.3, -0.25) is 4.90 Å². The first-order valence-electron chi connectivity index (χ1n) is 6.50. The van der Waals surface area contributed by atoms with Crippen molar-refractivity contribution >= 4 is 11.6 Å². The van der Waals surface area contributed by atoms with E-state index in [0.29, 0.717) is 12.6 Å². The van der Waals surface area contributed by atoms with E-state index in [1.807, 2.05) is 4.90 Å². The average Bonchev–Trinajstić information content (AvgIpc) is 2.86. The molecule has 104 valence electrons. The van der Waals surface area contributed by atoms with E-state index < -0.39 is 11.6 Å².